The van der Waals surface area contributed by atoms with E-state index in [-0.39, 0.29) is 10.8 Å². The molecule has 0 bridgehead atoms. The van der Waals surface area contributed by atoms with Crippen LogP contribution in [0.5, 0.6) is 0 Å². The molecule has 0 spiro atoms. The molecule has 0 saturated carbocycles. The van der Waals surface area contributed by atoms with Gasteiger partial charge in [-0.05, 0) is 17.7 Å². The van der Waals surface area contributed by atoms with E-state index in [1.54, 1.807) is 6.20 Å². The van der Waals surface area contributed by atoms with Gasteiger partial charge >= 0.3 is 0 Å². The van der Waals surface area contributed by atoms with Crippen molar-refractivity contribution in [2.75, 3.05) is 5.32 Å². The normalized spacial score (nSPS) is 10.7. The summed E-state index contributed by atoms with van der Waals surface area (Å²) in [6.07, 6.45) is 3.15. The summed E-state index contributed by atoms with van der Waals surface area (Å²) < 4.78 is 13.6. The third-order valence-corrected chi connectivity index (χ3v) is 3.18. The van der Waals surface area contributed by atoms with Gasteiger partial charge in [-0.1, -0.05) is 35.9 Å². The summed E-state index contributed by atoms with van der Waals surface area (Å²) in [6, 6.07) is 11.0. The molecule has 20 heavy (non-hydrogen) atoms. The Morgan fingerprint density at radius 1 is 1.15 bits per heavy atom. The molecule has 0 aliphatic carbocycles. The van der Waals surface area contributed by atoms with Crippen molar-refractivity contribution in [2.24, 2.45) is 0 Å². The van der Waals surface area contributed by atoms with Crippen LogP contribution in [0, 0.1) is 5.82 Å². The highest BCUT2D eigenvalue weighted by Crippen LogP contribution is 2.19. The number of para-hydroxylation sites is 1. The second-order valence-corrected chi connectivity index (χ2v) is 4.77. The van der Waals surface area contributed by atoms with Gasteiger partial charge in [0.25, 0.3) is 0 Å². The zero-order valence-electron chi connectivity index (χ0n) is 10.5. The molecule has 3 nitrogen and oxygen atoms in total. The van der Waals surface area contributed by atoms with Crippen molar-refractivity contribution in [3.8, 4) is 0 Å². The first kappa shape index (κ1) is 12.8. The Balaban J connectivity index is 1.87. The number of nitrogens with one attached hydrogen (secondary N) is 1. The van der Waals surface area contributed by atoms with Gasteiger partial charge in [0, 0.05) is 24.3 Å². The van der Waals surface area contributed by atoms with E-state index < -0.39 is 5.82 Å². The Kier molecular flexibility index (Phi) is 3.48. The second kappa shape index (κ2) is 5.43. The van der Waals surface area contributed by atoms with Crippen molar-refractivity contribution in [3.05, 3.63) is 65.2 Å². The maximum Gasteiger partial charge on any atom is 0.166 e. The highest BCUT2D eigenvalue weighted by Gasteiger charge is 2.06. The van der Waals surface area contributed by atoms with Crippen LogP contribution in [0.15, 0.2) is 48.8 Å². The summed E-state index contributed by atoms with van der Waals surface area (Å²) >= 11 is 5.67. The molecule has 1 aromatic carbocycles. The molecule has 0 saturated heterocycles. The quantitative estimate of drug-likeness (QED) is 0.790. The maximum atomic E-state index is 13.6. The third kappa shape index (κ3) is 2.56. The van der Waals surface area contributed by atoms with Crippen molar-refractivity contribution in [1.29, 1.82) is 0 Å². The summed E-state index contributed by atoms with van der Waals surface area (Å²) in [5.74, 6) is -0.284. The number of hydrogen-bond acceptors (Lipinski definition) is 3. The fourth-order valence-electron chi connectivity index (χ4n) is 2.03. The number of rotatable bonds is 3. The van der Waals surface area contributed by atoms with E-state index in [1.807, 2.05) is 30.3 Å². The number of nitrogens with zero attached hydrogens (tertiary/aromatic N) is 2. The smallest absolute Gasteiger partial charge is 0.166 e. The zero-order valence-corrected chi connectivity index (χ0v) is 11.2. The van der Waals surface area contributed by atoms with Gasteiger partial charge in [0.15, 0.2) is 11.6 Å². The molecule has 0 fully saturated rings. The van der Waals surface area contributed by atoms with Crippen LogP contribution in [0.25, 0.3) is 10.9 Å². The molecular formula is C15H11ClFN3. The van der Waals surface area contributed by atoms with Crippen molar-refractivity contribution in [1.82, 2.24) is 9.97 Å². The average molecular weight is 288 g/mol. The first-order valence-electron chi connectivity index (χ1n) is 6.11. The van der Waals surface area contributed by atoms with Crippen LogP contribution in [0.3, 0.4) is 0 Å². The van der Waals surface area contributed by atoms with E-state index >= 15 is 0 Å². The lowest BCUT2D eigenvalue weighted by Crippen LogP contribution is -2.04. The first-order chi connectivity index (χ1) is 9.74. The molecule has 0 atom stereocenters. The molecule has 100 valence electrons. The zero-order chi connectivity index (χ0) is 13.9. The minimum Gasteiger partial charge on any atom is -0.363 e. The lowest BCUT2D eigenvalue weighted by molar-refractivity contribution is 0.624. The summed E-state index contributed by atoms with van der Waals surface area (Å²) in [5.41, 5.74) is 1.89. The number of aromatic nitrogens is 2. The van der Waals surface area contributed by atoms with Crippen LogP contribution < -0.4 is 5.32 Å². The summed E-state index contributed by atoms with van der Waals surface area (Å²) in [6.45, 7) is 0.444. The van der Waals surface area contributed by atoms with Crippen LogP contribution in [0.4, 0.5) is 10.2 Å². The molecule has 5 heteroatoms. The number of halogens is 2. The number of hydrogen-bond donors (Lipinski definition) is 1. The van der Waals surface area contributed by atoms with Gasteiger partial charge in [0.1, 0.15) is 0 Å². The Labute approximate surface area is 120 Å². The molecule has 0 unspecified atom stereocenters. The van der Waals surface area contributed by atoms with Crippen LogP contribution in [-0.2, 0) is 6.54 Å². The fourth-order valence-corrected chi connectivity index (χ4v) is 2.18. The SMILES string of the molecule is Fc1cc(Cl)cnc1NCc1cccc2cccnc12. The lowest BCUT2D eigenvalue weighted by atomic mass is 10.1. The van der Waals surface area contributed by atoms with Crippen LogP contribution >= 0.6 is 11.6 Å². The largest absolute Gasteiger partial charge is 0.363 e. The van der Waals surface area contributed by atoms with Gasteiger partial charge in [-0.3, -0.25) is 4.98 Å². The molecule has 2 heterocycles. The minimum absolute atomic E-state index is 0.183. The molecule has 0 aliphatic heterocycles. The monoisotopic (exact) mass is 287 g/mol. The molecule has 3 rings (SSSR count). The van der Waals surface area contributed by atoms with Crippen molar-refractivity contribution in [3.63, 3.8) is 0 Å². The molecule has 0 aliphatic rings. The van der Waals surface area contributed by atoms with Gasteiger partial charge in [0.05, 0.1) is 10.5 Å². The van der Waals surface area contributed by atoms with Crippen molar-refractivity contribution in [2.45, 2.75) is 6.54 Å². The van der Waals surface area contributed by atoms with E-state index in [1.165, 1.54) is 12.3 Å². The number of anilines is 1. The average Bonchev–Trinajstić information content (AvgIpc) is 2.46. The van der Waals surface area contributed by atoms with E-state index in [0.29, 0.717) is 6.54 Å². The van der Waals surface area contributed by atoms with Crippen LogP contribution in [-0.4, -0.2) is 9.97 Å². The Bertz CT molecular complexity index is 756. The van der Waals surface area contributed by atoms with E-state index in [0.717, 1.165) is 16.5 Å². The van der Waals surface area contributed by atoms with Crippen LogP contribution in [0.2, 0.25) is 5.02 Å². The molecular weight excluding hydrogens is 277 g/mol. The molecule has 0 amide bonds. The number of pyridine rings is 2. The molecule has 3 aromatic rings. The number of benzene rings is 1. The minimum atomic E-state index is -0.467. The van der Waals surface area contributed by atoms with E-state index in [2.05, 4.69) is 15.3 Å². The predicted molar refractivity (Wildman–Crippen MR) is 78.3 cm³/mol. The van der Waals surface area contributed by atoms with Crippen molar-refractivity contribution >= 4 is 28.3 Å². The van der Waals surface area contributed by atoms with Gasteiger partial charge in [0.2, 0.25) is 0 Å². The van der Waals surface area contributed by atoms with Gasteiger partial charge in [-0.15, -0.1) is 0 Å². The molecule has 2 aromatic heterocycles. The highest BCUT2D eigenvalue weighted by molar-refractivity contribution is 6.30. The Hall–Kier alpha value is -2.20. The van der Waals surface area contributed by atoms with E-state index in [4.69, 9.17) is 11.6 Å². The molecule has 1 N–H and O–H groups in total. The van der Waals surface area contributed by atoms with Crippen molar-refractivity contribution < 1.29 is 4.39 Å². The standard InChI is InChI=1S/C15H11ClFN3/c16-12-7-13(17)15(20-9-12)19-8-11-4-1-3-10-5-2-6-18-14(10)11/h1-7,9H,8H2,(H,19,20). The van der Waals surface area contributed by atoms with Gasteiger partial charge in [-0.25, -0.2) is 9.37 Å². The predicted octanol–water partition coefficient (Wildman–Crippen LogP) is 4.03. The summed E-state index contributed by atoms with van der Waals surface area (Å²) in [5, 5.41) is 4.29. The first-order valence-corrected chi connectivity index (χ1v) is 6.49. The highest BCUT2D eigenvalue weighted by atomic mass is 35.5. The maximum absolute atomic E-state index is 13.6. The number of fused-ring (bicyclic) bond motifs is 1. The topological polar surface area (TPSA) is 37.8 Å². The second-order valence-electron chi connectivity index (χ2n) is 4.33. The third-order valence-electron chi connectivity index (χ3n) is 2.97. The summed E-state index contributed by atoms with van der Waals surface area (Å²) in [7, 11) is 0. The molecule has 0 radical (unpaired) electrons. The summed E-state index contributed by atoms with van der Waals surface area (Å²) in [4.78, 5) is 8.29. The Morgan fingerprint density at radius 2 is 2.00 bits per heavy atom. The van der Waals surface area contributed by atoms with E-state index in [9.17, 15) is 4.39 Å². The Morgan fingerprint density at radius 3 is 2.85 bits per heavy atom. The lowest BCUT2D eigenvalue weighted by Gasteiger charge is -2.08. The fraction of sp³-hybridized carbons (Fsp3) is 0.0667. The van der Waals surface area contributed by atoms with Gasteiger partial charge in [-0.2, -0.15) is 0 Å². The van der Waals surface area contributed by atoms with Gasteiger partial charge < -0.3 is 5.32 Å². The van der Waals surface area contributed by atoms with Crippen LogP contribution in [0.1, 0.15) is 5.56 Å².